The van der Waals surface area contributed by atoms with Gasteiger partial charge < -0.3 is 13.8 Å². The van der Waals surface area contributed by atoms with Gasteiger partial charge in [-0.05, 0) is 43.7 Å². The first-order valence-electron chi connectivity index (χ1n) is 9.86. The maximum absolute atomic E-state index is 12.8. The molecule has 0 N–H and O–H groups in total. The fourth-order valence-electron chi connectivity index (χ4n) is 3.96. The van der Waals surface area contributed by atoms with E-state index in [1.165, 1.54) is 4.57 Å². The summed E-state index contributed by atoms with van der Waals surface area (Å²) in [5.74, 6) is 1.69. The van der Waals surface area contributed by atoms with Gasteiger partial charge in [0, 0.05) is 25.4 Å². The number of oxazole rings is 1. The lowest BCUT2D eigenvalue weighted by Gasteiger charge is -2.32. The number of carbonyl (C=O) groups is 1. The number of hydrogen-bond donors (Lipinski definition) is 0. The van der Waals surface area contributed by atoms with Crippen molar-refractivity contribution >= 4 is 17.0 Å². The lowest BCUT2D eigenvalue weighted by Crippen LogP contribution is -2.42. The van der Waals surface area contributed by atoms with Gasteiger partial charge in [-0.3, -0.25) is 9.36 Å². The summed E-state index contributed by atoms with van der Waals surface area (Å²) >= 11 is 0. The van der Waals surface area contributed by atoms with Crippen LogP contribution in [0.2, 0.25) is 0 Å². The summed E-state index contributed by atoms with van der Waals surface area (Å²) in [6, 6.07) is 7.16. The molecule has 1 unspecified atom stereocenters. The molecule has 1 saturated carbocycles. The number of fused-ring (bicyclic) bond motifs is 1. The zero-order valence-corrected chi connectivity index (χ0v) is 15.5. The molecule has 1 aromatic carbocycles. The maximum Gasteiger partial charge on any atom is 0.420 e. The molecule has 8 nitrogen and oxygen atoms in total. The molecule has 1 amide bonds. The maximum atomic E-state index is 12.8. The number of carbonyl (C=O) groups excluding carboxylic acids is 1. The van der Waals surface area contributed by atoms with E-state index in [2.05, 4.69) is 10.1 Å². The molecule has 2 aliphatic rings. The van der Waals surface area contributed by atoms with Crippen LogP contribution >= 0.6 is 0 Å². The summed E-state index contributed by atoms with van der Waals surface area (Å²) in [5.41, 5.74) is 1.15. The second-order valence-corrected chi connectivity index (χ2v) is 7.79. The predicted molar refractivity (Wildman–Crippen MR) is 99.8 cm³/mol. The van der Waals surface area contributed by atoms with Gasteiger partial charge in [-0.1, -0.05) is 17.3 Å². The minimum absolute atomic E-state index is 0.00501. The topological polar surface area (TPSA) is 94.4 Å². The lowest BCUT2D eigenvalue weighted by molar-refractivity contribution is -0.133. The van der Waals surface area contributed by atoms with Gasteiger partial charge in [-0.15, -0.1) is 0 Å². The molecule has 0 spiro atoms. The first-order valence-corrected chi connectivity index (χ1v) is 9.86. The zero-order chi connectivity index (χ0) is 19.1. The Kier molecular flexibility index (Phi) is 4.26. The fourth-order valence-corrected chi connectivity index (χ4v) is 3.96. The van der Waals surface area contributed by atoms with E-state index in [1.807, 2.05) is 11.0 Å². The smallest absolute Gasteiger partial charge is 0.408 e. The van der Waals surface area contributed by atoms with E-state index in [4.69, 9.17) is 8.94 Å². The Labute approximate surface area is 161 Å². The van der Waals surface area contributed by atoms with E-state index in [0.717, 1.165) is 31.5 Å². The van der Waals surface area contributed by atoms with Gasteiger partial charge in [-0.2, -0.15) is 4.98 Å². The monoisotopic (exact) mass is 382 g/mol. The van der Waals surface area contributed by atoms with Crippen LogP contribution in [0.3, 0.4) is 0 Å². The molecule has 3 aromatic rings. The number of amides is 1. The molecule has 28 heavy (non-hydrogen) atoms. The zero-order valence-electron chi connectivity index (χ0n) is 15.5. The van der Waals surface area contributed by atoms with Crippen LogP contribution in [0, 0.1) is 5.92 Å². The molecule has 2 aromatic heterocycles. The van der Waals surface area contributed by atoms with Crippen LogP contribution in [-0.2, 0) is 17.8 Å². The number of likely N-dealkylation sites (tertiary alicyclic amines) is 1. The summed E-state index contributed by atoms with van der Waals surface area (Å²) in [4.78, 5) is 31.3. The summed E-state index contributed by atoms with van der Waals surface area (Å²) in [6.07, 6.45) is 4.94. The Balaban J connectivity index is 1.25. The van der Waals surface area contributed by atoms with Crippen LogP contribution in [-0.4, -0.2) is 38.6 Å². The molecule has 5 rings (SSSR count). The predicted octanol–water partition coefficient (Wildman–Crippen LogP) is 2.34. The molecule has 0 bridgehead atoms. The quantitative estimate of drug-likeness (QED) is 0.672. The van der Waals surface area contributed by atoms with Gasteiger partial charge in [0.15, 0.2) is 11.4 Å². The molecule has 1 aliphatic carbocycles. The third-order valence-corrected chi connectivity index (χ3v) is 5.63. The summed E-state index contributed by atoms with van der Waals surface area (Å²) in [7, 11) is 0. The van der Waals surface area contributed by atoms with Gasteiger partial charge in [0.2, 0.25) is 11.8 Å². The minimum atomic E-state index is -0.499. The lowest BCUT2D eigenvalue weighted by atomic mass is 9.94. The molecule has 0 radical (unpaired) electrons. The van der Waals surface area contributed by atoms with E-state index < -0.39 is 5.76 Å². The Morgan fingerprint density at radius 1 is 1.21 bits per heavy atom. The number of aromatic nitrogens is 3. The van der Waals surface area contributed by atoms with E-state index in [0.29, 0.717) is 48.3 Å². The van der Waals surface area contributed by atoms with Crippen molar-refractivity contribution in [2.24, 2.45) is 5.92 Å². The Morgan fingerprint density at radius 2 is 2.07 bits per heavy atom. The van der Waals surface area contributed by atoms with Crippen LogP contribution in [0.5, 0.6) is 0 Å². The van der Waals surface area contributed by atoms with Crippen molar-refractivity contribution in [1.82, 2.24) is 19.6 Å². The highest BCUT2D eigenvalue weighted by molar-refractivity contribution is 5.79. The van der Waals surface area contributed by atoms with Crippen molar-refractivity contribution in [3.05, 3.63) is 46.5 Å². The van der Waals surface area contributed by atoms with E-state index in [-0.39, 0.29) is 12.5 Å². The minimum Gasteiger partial charge on any atom is -0.408 e. The third kappa shape index (κ3) is 3.34. The Bertz CT molecular complexity index is 1060. The van der Waals surface area contributed by atoms with Crippen molar-refractivity contribution in [2.75, 3.05) is 13.1 Å². The van der Waals surface area contributed by atoms with Gasteiger partial charge >= 0.3 is 5.76 Å². The molecule has 146 valence electrons. The molecular weight excluding hydrogens is 360 g/mol. The summed E-state index contributed by atoms with van der Waals surface area (Å²) in [5, 5.41) is 4.07. The Hall–Kier alpha value is -2.90. The van der Waals surface area contributed by atoms with E-state index in [9.17, 15) is 9.59 Å². The molecule has 1 saturated heterocycles. The van der Waals surface area contributed by atoms with Crippen LogP contribution < -0.4 is 5.76 Å². The normalized spacial score (nSPS) is 20.0. The second kappa shape index (κ2) is 6.92. The van der Waals surface area contributed by atoms with Crippen molar-refractivity contribution in [3.8, 4) is 0 Å². The Morgan fingerprint density at radius 3 is 2.93 bits per heavy atom. The van der Waals surface area contributed by atoms with Crippen LogP contribution in [0.25, 0.3) is 11.1 Å². The first-order chi connectivity index (χ1) is 13.7. The van der Waals surface area contributed by atoms with Gasteiger partial charge in [0.1, 0.15) is 6.54 Å². The van der Waals surface area contributed by atoms with Gasteiger partial charge in [0.25, 0.3) is 0 Å². The largest absolute Gasteiger partial charge is 0.420 e. The highest BCUT2D eigenvalue weighted by Gasteiger charge is 2.30. The summed E-state index contributed by atoms with van der Waals surface area (Å²) < 4.78 is 12.0. The number of nitrogens with zero attached hydrogens (tertiary/aromatic N) is 4. The standard InChI is InChI=1S/C20H22N4O4/c25-18(12-24-15-5-1-2-6-16(15)27-20(24)26)23-9-3-4-13(11-23)10-17-21-19(22-28-17)14-7-8-14/h1-2,5-6,13-14H,3-4,7-12H2. The van der Waals surface area contributed by atoms with Crippen molar-refractivity contribution < 1.29 is 13.7 Å². The average molecular weight is 382 g/mol. The number of benzene rings is 1. The highest BCUT2D eigenvalue weighted by atomic mass is 16.5. The molecule has 3 heterocycles. The average Bonchev–Trinajstić information content (AvgIpc) is 3.38. The highest BCUT2D eigenvalue weighted by Crippen LogP contribution is 2.38. The summed E-state index contributed by atoms with van der Waals surface area (Å²) in [6.45, 7) is 1.34. The van der Waals surface area contributed by atoms with Gasteiger partial charge in [0.05, 0.1) is 5.52 Å². The molecule has 1 aliphatic heterocycles. The first kappa shape index (κ1) is 17.2. The molecule has 2 fully saturated rings. The van der Waals surface area contributed by atoms with Crippen molar-refractivity contribution in [3.63, 3.8) is 0 Å². The number of para-hydroxylation sites is 2. The number of rotatable bonds is 5. The molecule has 1 atom stereocenters. The van der Waals surface area contributed by atoms with Crippen LogP contribution in [0.1, 0.15) is 43.3 Å². The van der Waals surface area contributed by atoms with Crippen molar-refractivity contribution in [1.29, 1.82) is 0 Å². The SMILES string of the molecule is O=C(Cn1c(=O)oc2ccccc21)N1CCCC(Cc2nc(C3CC3)no2)C1. The fraction of sp³-hybridized carbons (Fsp3) is 0.500. The number of piperidine rings is 1. The molecule has 8 heteroatoms. The van der Waals surface area contributed by atoms with Gasteiger partial charge in [-0.25, -0.2) is 4.79 Å². The number of hydrogen-bond acceptors (Lipinski definition) is 6. The molecular formula is C20H22N4O4. The van der Waals surface area contributed by atoms with Crippen LogP contribution in [0.4, 0.5) is 0 Å². The second-order valence-electron chi connectivity index (χ2n) is 7.79. The van der Waals surface area contributed by atoms with Crippen molar-refractivity contribution in [2.45, 2.75) is 44.6 Å². The van der Waals surface area contributed by atoms with E-state index in [1.54, 1.807) is 18.2 Å². The van der Waals surface area contributed by atoms with E-state index >= 15 is 0 Å². The third-order valence-electron chi connectivity index (χ3n) is 5.63. The van der Waals surface area contributed by atoms with Crippen LogP contribution in [0.15, 0.2) is 38.0 Å².